The standard InChI is InChI=1S/C8H16NO.C4H5Br.C4H11NO.BrH/c1-4-5-6-9(2,3)7-8-10;1-2-3-4-5;1-5(2)3-4-6;/h1,10H,5-8H2,2-3H3;1H,3-4H2;6H,3-4H2,1-2H3;1H/q+1;;;/p-1. The summed E-state index contributed by atoms with van der Waals surface area (Å²) in [6, 6.07) is 0. The molecule has 132 valence electrons. The van der Waals surface area contributed by atoms with E-state index in [1.807, 2.05) is 19.0 Å². The smallest absolute Gasteiger partial charge is 0.102 e. The molecule has 0 bridgehead atoms. The van der Waals surface area contributed by atoms with Crippen LogP contribution in [0.4, 0.5) is 0 Å². The number of terminal acetylenes is 2. The Labute approximate surface area is 156 Å². The van der Waals surface area contributed by atoms with Gasteiger partial charge in [0.1, 0.15) is 6.54 Å². The fraction of sp³-hybridized carbons (Fsp3) is 0.750. The maximum atomic E-state index is 8.63. The molecule has 0 aliphatic rings. The molecule has 0 spiro atoms. The highest BCUT2D eigenvalue weighted by Gasteiger charge is 2.11. The van der Waals surface area contributed by atoms with Crippen LogP contribution in [0.25, 0.3) is 0 Å². The Kier molecular flexibility index (Phi) is 31.5. The van der Waals surface area contributed by atoms with Gasteiger partial charge in [0.25, 0.3) is 0 Å². The zero-order valence-corrected chi connectivity index (χ0v) is 17.5. The second kappa shape index (κ2) is 23.2. The van der Waals surface area contributed by atoms with Crippen LogP contribution in [0.2, 0.25) is 0 Å². The summed E-state index contributed by atoms with van der Waals surface area (Å²) in [7, 11) is 7.98. The summed E-state index contributed by atoms with van der Waals surface area (Å²) in [6.45, 7) is 2.98. The molecule has 0 aliphatic heterocycles. The minimum atomic E-state index is 0. The highest BCUT2D eigenvalue weighted by atomic mass is 79.9. The average molecular weight is 444 g/mol. The summed E-state index contributed by atoms with van der Waals surface area (Å²) in [4.78, 5) is 1.93. The van der Waals surface area contributed by atoms with Gasteiger partial charge < -0.3 is 36.6 Å². The van der Waals surface area contributed by atoms with E-state index in [0.29, 0.717) is 0 Å². The van der Waals surface area contributed by atoms with Crippen molar-refractivity contribution in [3.8, 4) is 24.7 Å². The molecule has 0 amide bonds. The maximum absolute atomic E-state index is 8.63. The third kappa shape index (κ3) is 36.8. The highest BCUT2D eigenvalue weighted by molar-refractivity contribution is 9.09. The van der Waals surface area contributed by atoms with E-state index in [1.165, 1.54) is 0 Å². The molecule has 0 aliphatic carbocycles. The highest BCUT2D eigenvalue weighted by Crippen LogP contribution is 1.96. The molecular formula is C16H32Br2N2O2. The van der Waals surface area contributed by atoms with Crippen molar-refractivity contribution >= 4 is 15.9 Å². The molecule has 0 atom stereocenters. The van der Waals surface area contributed by atoms with E-state index in [2.05, 4.69) is 41.9 Å². The van der Waals surface area contributed by atoms with E-state index in [4.69, 9.17) is 23.1 Å². The van der Waals surface area contributed by atoms with Gasteiger partial charge in [0.2, 0.25) is 0 Å². The van der Waals surface area contributed by atoms with Gasteiger partial charge in [0.05, 0.1) is 40.3 Å². The van der Waals surface area contributed by atoms with Crippen LogP contribution in [0.1, 0.15) is 12.8 Å². The Morgan fingerprint density at radius 1 is 1.00 bits per heavy atom. The molecule has 0 aromatic heterocycles. The Morgan fingerprint density at radius 3 is 1.68 bits per heavy atom. The lowest BCUT2D eigenvalue weighted by atomic mass is 10.3. The van der Waals surface area contributed by atoms with Gasteiger partial charge in [-0.3, -0.25) is 0 Å². The van der Waals surface area contributed by atoms with E-state index in [0.717, 1.165) is 42.3 Å². The summed E-state index contributed by atoms with van der Waals surface area (Å²) in [6.07, 6.45) is 11.6. The monoisotopic (exact) mass is 442 g/mol. The SMILES string of the molecule is C#CCCBr.C#CCC[N+](C)(C)CCO.CN(C)CCO.[Br-]. The first-order chi connectivity index (χ1) is 9.81. The molecule has 0 aromatic rings. The second-order valence-electron chi connectivity index (χ2n) is 5.23. The summed E-state index contributed by atoms with van der Waals surface area (Å²) in [5.41, 5.74) is 0. The summed E-state index contributed by atoms with van der Waals surface area (Å²) in [5.74, 6) is 5.06. The third-order valence-corrected chi connectivity index (χ3v) is 2.75. The molecule has 0 fully saturated rings. The molecule has 0 radical (unpaired) electrons. The van der Waals surface area contributed by atoms with Gasteiger partial charge in [-0.25, -0.2) is 0 Å². The Bertz CT molecular complexity index is 285. The van der Waals surface area contributed by atoms with Crippen LogP contribution in [0, 0.1) is 24.7 Å². The summed E-state index contributed by atoms with van der Waals surface area (Å²) < 4.78 is 0.806. The molecule has 0 saturated heterocycles. The van der Waals surface area contributed by atoms with E-state index in [1.54, 1.807) is 0 Å². The van der Waals surface area contributed by atoms with Gasteiger partial charge >= 0.3 is 0 Å². The fourth-order valence-electron chi connectivity index (χ4n) is 1.00. The molecular weight excluding hydrogens is 412 g/mol. The minimum absolute atomic E-state index is 0. The van der Waals surface area contributed by atoms with Crippen molar-refractivity contribution in [1.82, 2.24) is 4.90 Å². The maximum Gasteiger partial charge on any atom is 0.102 e. The lowest BCUT2D eigenvalue weighted by Crippen LogP contribution is -3.00. The molecule has 0 unspecified atom stereocenters. The number of nitrogens with zero attached hydrogens (tertiary/aromatic N) is 2. The summed E-state index contributed by atoms with van der Waals surface area (Å²) >= 11 is 3.17. The average Bonchev–Trinajstić information content (AvgIpc) is 2.39. The van der Waals surface area contributed by atoms with Crippen LogP contribution in [-0.2, 0) is 0 Å². The molecule has 22 heavy (non-hydrogen) atoms. The van der Waals surface area contributed by atoms with Crippen LogP contribution < -0.4 is 17.0 Å². The van der Waals surface area contributed by atoms with Crippen molar-refractivity contribution in [2.75, 3.05) is 66.4 Å². The van der Waals surface area contributed by atoms with Crippen molar-refractivity contribution in [3.05, 3.63) is 0 Å². The fourth-order valence-corrected chi connectivity index (χ4v) is 1.23. The minimum Gasteiger partial charge on any atom is -1.00 e. The zero-order chi connectivity index (χ0) is 17.1. The van der Waals surface area contributed by atoms with Gasteiger partial charge in [-0.05, 0) is 14.1 Å². The number of aliphatic hydroxyl groups excluding tert-OH is 2. The van der Waals surface area contributed by atoms with Crippen LogP contribution in [0.5, 0.6) is 0 Å². The van der Waals surface area contributed by atoms with Gasteiger partial charge in [0, 0.05) is 18.3 Å². The van der Waals surface area contributed by atoms with Crippen molar-refractivity contribution < 1.29 is 31.7 Å². The van der Waals surface area contributed by atoms with E-state index >= 15 is 0 Å². The number of halogens is 2. The molecule has 4 nitrogen and oxygen atoms in total. The van der Waals surface area contributed by atoms with Gasteiger partial charge in [0.15, 0.2) is 0 Å². The van der Waals surface area contributed by atoms with Crippen molar-refractivity contribution in [3.63, 3.8) is 0 Å². The number of likely N-dealkylation sites (N-methyl/N-ethyl adjacent to an activating group) is 2. The molecule has 6 heteroatoms. The second-order valence-corrected chi connectivity index (χ2v) is 6.02. The van der Waals surface area contributed by atoms with Crippen LogP contribution in [-0.4, -0.2) is 86.0 Å². The lowest BCUT2D eigenvalue weighted by Gasteiger charge is -2.27. The van der Waals surface area contributed by atoms with Crippen molar-refractivity contribution in [2.45, 2.75) is 12.8 Å². The molecule has 0 saturated carbocycles. The first kappa shape index (κ1) is 29.9. The topological polar surface area (TPSA) is 43.7 Å². The van der Waals surface area contributed by atoms with Crippen molar-refractivity contribution in [2.24, 2.45) is 0 Å². The first-order valence-corrected chi connectivity index (χ1v) is 8.04. The third-order valence-electron chi connectivity index (χ3n) is 2.35. The molecule has 0 rings (SSSR count). The number of rotatable bonds is 7. The quantitative estimate of drug-likeness (QED) is 0.272. The predicted molar refractivity (Wildman–Crippen MR) is 95.3 cm³/mol. The van der Waals surface area contributed by atoms with Crippen LogP contribution in [0.3, 0.4) is 0 Å². The summed E-state index contributed by atoms with van der Waals surface area (Å²) in [5, 5.41) is 17.7. The van der Waals surface area contributed by atoms with E-state index in [-0.39, 0.29) is 30.2 Å². The van der Waals surface area contributed by atoms with E-state index in [9.17, 15) is 0 Å². The van der Waals surface area contributed by atoms with Gasteiger partial charge in [-0.2, -0.15) is 0 Å². The van der Waals surface area contributed by atoms with Crippen LogP contribution >= 0.6 is 15.9 Å². The molecule has 0 aromatic carbocycles. The lowest BCUT2D eigenvalue weighted by molar-refractivity contribution is -0.890. The first-order valence-electron chi connectivity index (χ1n) is 6.92. The number of quaternary nitrogens is 1. The molecule has 0 heterocycles. The largest absolute Gasteiger partial charge is 1.00 e. The Balaban J connectivity index is -0.000000117. The van der Waals surface area contributed by atoms with Crippen LogP contribution in [0.15, 0.2) is 0 Å². The normalized spacial score (nSPS) is 9.18. The molecule has 2 N–H and O–H groups in total. The predicted octanol–water partition coefficient (Wildman–Crippen LogP) is -1.97. The van der Waals surface area contributed by atoms with Gasteiger partial charge in [-0.15, -0.1) is 24.7 Å². The van der Waals surface area contributed by atoms with E-state index < -0.39 is 0 Å². The zero-order valence-electron chi connectivity index (χ0n) is 14.4. The number of hydrogen-bond acceptors (Lipinski definition) is 3. The number of hydrogen-bond donors (Lipinski definition) is 2. The van der Waals surface area contributed by atoms with Crippen molar-refractivity contribution in [1.29, 1.82) is 0 Å². The Hall–Kier alpha value is -0.0800. The van der Waals surface area contributed by atoms with Gasteiger partial charge in [-0.1, -0.05) is 15.9 Å². The Morgan fingerprint density at radius 2 is 1.50 bits per heavy atom. The number of alkyl halides is 1. The number of aliphatic hydroxyl groups is 2.